The third kappa shape index (κ3) is 8.70. The van der Waals surface area contributed by atoms with Crippen LogP contribution in [0.25, 0.3) is 22.3 Å². The van der Waals surface area contributed by atoms with Crippen molar-refractivity contribution < 1.29 is 33.4 Å². The van der Waals surface area contributed by atoms with Crippen LogP contribution in [0, 0.1) is 11.8 Å². The van der Waals surface area contributed by atoms with Gasteiger partial charge in [-0.05, 0) is 65.8 Å². The number of rotatable bonds is 13. The molecular weight excluding hydrogens is 592 g/mol. The number of unbranched alkanes of at least 4 members (excludes halogenated alkanes) is 1. The summed E-state index contributed by atoms with van der Waals surface area (Å²) in [6, 6.07) is 34.0. The van der Waals surface area contributed by atoms with Gasteiger partial charge in [0.2, 0.25) is 0 Å². The lowest BCUT2D eigenvalue weighted by Gasteiger charge is -2.21. The Bertz CT molecular complexity index is 1660. The Hall–Kier alpha value is -5.30. The van der Waals surface area contributed by atoms with Crippen molar-refractivity contribution in [2.24, 2.45) is 11.8 Å². The number of esters is 3. The first-order valence-corrected chi connectivity index (χ1v) is 15.9. The number of hydrogen-bond acceptors (Lipinski definition) is 7. The highest BCUT2D eigenvalue weighted by Gasteiger charge is 2.47. The maximum atomic E-state index is 13.3. The molecule has 7 nitrogen and oxygen atoms in total. The van der Waals surface area contributed by atoms with Crippen LogP contribution in [0.2, 0.25) is 0 Å². The lowest BCUT2D eigenvalue weighted by atomic mass is 9.91. The lowest BCUT2D eigenvalue weighted by Crippen LogP contribution is -2.28. The minimum Gasteiger partial charge on any atom is -0.469 e. The second-order valence-corrected chi connectivity index (χ2v) is 11.6. The Morgan fingerprint density at radius 3 is 1.64 bits per heavy atom. The summed E-state index contributed by atoms with van der Waals surface area (Å²) in [5, 5.41) is 0. The van der Waals surface area contributed by atoms with Crippen molar-refractivity contribution in [3.8, 4) is 22.3 Å². The Kier molecular flexibility index (Phi) is 11.5. The molecule has 47 heavy (non-hydrogen) atoms. The summed E-state index contributed by atoms with van der Waals surface area (Å²) in [5.74, 6) is -2.37. The SMILES string of the molecule is COC(=O)CCCC=CC[C@@H]1[C@@H](C=O)[C@H](OC(=O)c2ccc(-c3ccccc3)cc2)C[C@@H]1OC(=O)c1ccc(-c2ccccc2)cc1. The molecule has 0 aromatic heterocycles. The molecule has 0 saturated heterocycles. The first-order chi connectivity index (χ1) is 23.0. The topological polar surface area (TPSA) is 96.0 Å². The smallest absolute Gasteiger partial charge is 0.338 e. The zero-order valence-electron chi connectivity index (χ0n) is 26.3. The summed E-state index contributed by atoms with van der Waals surface area (Å²) in [4.78, 5) is 50.4. The number of ether oxygens (including phenoxy) is 3. The summed E-state index contributed by atoms with van der Waals surface area (Å²) >= 11 is 0. The molecule has 0 amide bonds. The van der Waals surface area contributed by atoms with E-state index in [2.05, 4.69) is 0 Å². The van der Waals surface area contributed by atoms with Gasteiger partial charge in [0.25, 0.3) is 0 Å². The highest BCUT2D eigenvalue weighted by atomic mass is 16.6. The molecule has 0 spiro atoms. The molecular formula is C40H38O7. The Morgan fingerprint density at radius 1 is 0.660 bits per heavy atom. The van der Waals surface area contributed by atoms with Gasteiger partial charge in [-0.1, -0.05) is 97.1 Å². The van der Waals surface area contributed by atoms with Crippen molar-refractivity contribution in [1.29, 1.82) is 0 Å². The van der Waals surface area contributed by atoms with Crippen LogP contribution in [-0.4, -0.2) is 43.5 Å². The summed E-state index contributed by atoms with van der Waals surface area (Å²) < 4.78 is 16.6. The standard InChI is InChI=1S/C40H38O7/c1-45-38(42)17-11-3-2-10-16-34-35(27-41)37(47-40(44)33-24-20-31(21-25-33)29-14-8-5-9-15-29)26-36(34)46-39(43)32-22-18-30(19-23-32)28-12-6-4-7-13-28/h2,4-10,12-15,18-25,27,34-37H,3,11,16-17,26H2,1H3/t34-,35-,36+,37-/m1/s1. The van der Waals surface area contributed by atoms with Crippen LogP contribution < -0.4 is 0 Å². The fraction of sp³-hybridized carbons (Fsp3) is 0.250. The monoisotopic (exact) mass is 630 g/mol. The van der Waals surface area contributed by atoms with E-state index in [-0.39, 0.29) is 12.4 Å². The van der Waals surface area contributed by atoms with E-state index in [1.165, 1.54) is 7.11 Å². The van der Waals surface area contributed by atoms with Crippen LogP contribution in [0.5, 0.6) is 0 Å². The molecule has 0 heterocycles. The van der Waals surface area contributed by atoms with Crippen LogP contribution in [0.1, 0.15) is 52.8 Å². The largest absolute Gasteiger partial charge is 0.469 e. The van der Waals surface area contributed by atoms with Crippen LogP contribution in [-0.2, 0) is 23.8 Å². The highest BCUT2D eigenvalue weighted by Crippen LogP contribution is 2.39. The third-order valence-corrected chi connectivity index (χ3v) is 8.55. The van der Waals surface area contributed by atoms with Gasteiger partial charge in [0.05, 0.1) is 24.2 Å². The molecule has 7 heteroatoms. The second-order valence-electron chi connectivity index (χ2n) is 11.6. The van der Waals surface area contributed by atoms with Crippen molar-refractivity contribution in [3.63, 3.8) is 0 Å². The van der Waals surface area contributed by atoms with Crippen molar-refractivity contribution >= 4 is 24.2 Å². The quantitative estimate of drug-likeness (QED) is 0.0487. The van der Waals surface area contributed by atoms with Gasteiger partial charge in [-0.2, -0.15) is 0 Å². The molecule has 4 aromatic rings. The summed E-state index contributed by atoms with van der Waals surface area (Å²) in [6.45, 7) is 0. The van der Waals surface area contributed by atoms with Crippen LogP contribution >= 0.6 is 0 Å². The molecule has 1 saturated carbocycles. The van der Waals surface area contributed by atoms with Crippen molar-refractivity contribution in [3.05, 3.63) is 132 Å². The lowest BCUT2D eigenvalue weighted by molar-refractivity contribution is -0.140. The number of carbonyl (C=O) groups is 4. The number of hydrogen-bond donors (Lipinski definition) is 0. The molecule has 0 N–H and O–H groups in total. The summed E-state index contributed by atoms with van der Waals surface area (Å²) in [7, 11) is 1.36. The van der Waals surface area contributed by atoms with E-state index in [4.69, 9.17) is 14.2 Å². The van der Waals surface area contributed by atoms with Gasteiger partial charge in [0, 0.05) is 18.8 Å². The minimum atomic E-state index is -0.759. The average molecular weight is 631 g/mol. The number of benzene rings is 4. The van der Waals surface area contributed by atoms with Crippen molar-refractivity contribution in [1.82, 2.24) is 0 Å². The fourth-order valence-corrected chi connectivity index (χ4v) is 5.95. The molecule has 4 aromatic carbocycles. The second kappa shape index (κ2) is 16.3. The van der Waals surface area contributed by atoms with Crippen LogP contribution in [0.15, 0.2) is 121 Å². The average Bonchev–Trinajstić information content (AvgIpc) is 3.44. The van der Waals surface area contributed by atoms with Gasteiger partial charge < -0.3 is 19.0 Å². The predicted octanol–water partition coefficient (Wildman–Crippen LogP) is 7.90. The number of allylic oxidation sites excluding steroid dienone is 2. The third-order valence-electron chi connectivity index (χ3n) is 8.55. The maximum Gasteiger partial charge on any atom is 0.338 e. The van der Waals surface area contributed by atoms with E-state index in [0.29, 0.717) is 36.8 Å². The van der Waals surface area contributed by atoms with Gasteiger partial charge in [-0.25, -0.2) is 9.59 Å². The minimum absolute atomic E-state index is 0.200. The van der Waals surface area contributed by atoms with Crippen LogP contribution in [0.4, 0.5) is 0 Å². The van der Waals surface area contributed by atoms with E-state index >= 15 is 0 Å². The molecule has 0 aliphatic heterocycles. The Labute approximate surface area is 275 Å². The highest BCUT2D eigenvalue weighted by molar-refractivity contribution is 5.91. The molecule has 5 rings (SSSR count). The van der Waals surface area contributed by atoms with E-state index < -0.39 is 36.0 Å². The number of methoxy groups -OCH3 is 1. The van der Waals surface area contributed by atoms with Gasteiger partial charge in [0.1, 0.15) is 18.5 Å². The zero-order valence-corrected chi connectivity index (χ0v) is 26.3. The summed E-state index contributed by atoms with van der Waals surface area (Å²) in [5.41, 5.74) is 4.78. The van der Waals surface area contributed by atoms with E-state index in [1.807, 2.05) is 97.1 Å². The molecule has 240 valence electrons. The molecule has 0 radical (unpaired) electrons. The first kappa shape index (κ1) is 33.1. The zero-order chi connectivity index (χ0) is 33.0. The molecule has 4 atom stereocenters. The predicted molar refractivity (Wildman–Crippen MR) is 179 cm³/mol. The fourth-order valence-electron chi connectivity index (χ4n) is 5.95. The molecule has 0 unspecified atom stereocenters. The number of carbonyl (C=O) groups excluding carboxylic acids is 4. The van der Waals surface area contributed by atoms with Gasteiger partial charge in [-0.15, -0.1) is 0 Å². The van der Waals surface area contributed by atoms with E-state index in [1.54, 1.807) is 24.3 Å². The maximum absolute atomic E-state index is 13.3. The normalized spacial score (nSPS) is 18.8. The molecule has 1 fully saturated rings. The molecule has 0 bridgehead atoms. The number of aldehydes is 1. The van der Waals surface area contributed by atoms with Crippen molar-refractivity contribution in [2.75, 3.05) is 7.11 Å². The van der Waals surface area contributed by atoms with Crippen LogP contribution in [0.3, 0.4) is 0 Å². The van der Waals surface area contributed by atoms with Gasteiger partial charge in [0.15, 0.2) is 0 Å². The molecule has 1 aliphatic carbocycles. The van der Waals surface area contributed by atoms with E-state index in [9.17, 15) is 19.2 Å². The first-order valence-electron chi connectivity index (χ1n) is 15.9. The Morgan fingerprint density at radius 2 is 1.15 bits per heavy atom. The molecule has 1 aliphatic rings. The summed E-state index contributed by atoms with van der Waals surface area (Å²) in [6.07, 6.45) is 5.51. The van der Waals surface area contributed by atoms with Crippen molar-refractivity contribution in [2.45, 2.75) is 44.3 Å². The van der Waals surface area contributed by atoms with Gasteiger partial charge >= 0.3 is 17.9 Å². The Balaban J connectivity index is 1.28. The van der Waals surface area contributed by atoms with Gasteiger partial charge in [-0.3, -0.25) is 4.79 Å². The van der Waals surface area contributed by atoms with E-state index in [0.717, 1.165) is 28.5 Å².